The van der Waals surface area contributed by atoms with Gasteiger partial charge in [0.25, 0.3) is 0 Å². The van der Waals surface area contributed by atoms with Gasteiger partial charge in [0.2, 0.25) is 0 Å². The summed E-state index contributed by atoms with van der Waals surface area (Å²) >= 11 is 4.19. The molecular formula is C35H52S3. The summed E-state index contributed by atoms with van der Waals surface area (Å²) in [5.41, 5.74) is 1.73. The first kappa shape index (κ1) is 29.9. The molecule has 0 saturated carbocycles. The Bertz CT molecular complexity index is 1140. The molecule has 1 atom stereocenters. The summed E-state index contributed by atoms with van der Waals surface area (Å²) in [5.74, 6) is 2.11. The van der Waals surface area contributed by atoms with Crippen molar-refractivity contribution < 1.29 is 0 Å². The number of rotatable bonds is 11. The quantitative estimate of drug-likeness (QED) is 0.202. The van der Waals surface area contributed by atoms with E-state index in [4.69, 9.17) is 0 Å². The second kappa shape index (κ2) is 11.8. The lowest BCUT2D eigenvalue weighted by molar-refractivity contribution is 0.449. The number of hydrogen-bond donors (Lipinski definition) is 0. The van der Waals surface area contributed by atoms with Gasteiger partial charge in [-0.1, -0.05) is 112 Å². The van der Waals surface area contributed by atoms with Crippen LogP contribution in [-0.2, 0) is 10.8 Å². The van der Waals surface area contributed by atoms with Crippen molar-refractivity contribution in [2.45, 2.75) is 139 Å². The molecule has 0 nitrogen and oxygen atoms in total. The first-order valence-electron chi connectivity index (χ1n) is 15.1. The van der Waals surface area contributed by atoms with Crippen LogP contribution in [0.4, 0.5) is 0 Å². The van der Waals surface area contributed by atoms with Crippen molar-refractivity contribution in [1.82, 2.24) is 0 Å². The molecule has 0 radical (unpaired) electrons. The van der Waals surface area contributed by atoms with Gasteiger partial charge in [0.1, 0.15) is 0 Å². The summed E-state index contributed by atoms with van der Waals surface area (Å²) in [5, 5.41) is 0. The molecule has 0 saturated heterocycles. The van der Waals surface area contributed by atoms with Crippen LogP contribution in [0.1, 0.15) is 122 Å². The molecule has 38 heavy (non-hydrogen) atoms. The van der Waals surface area contributed by atoms with E-state index >= 15 is 0 Å². The van der Waals surface area contributed by atoms with Crippen LogP contribution in [0.5, 0.6) is 0 Å². The van der Waals surface area contributed by atoms with Crippen molar-refractivity contribution in [3.05, 3.63) is 51.7 Å². The van der Waals surface area contributed by atoms with Gasteiger partial charge in [0.15, 0.2) is 0 Å². The molecule has 0 bridgehead atoms. The Balaban J connectivity index is 1.93. The number of hydrogen-bond acceptors (Lipinski definition) is 2. The van der Waals surface area contributed by atoms with E-state index in [1.165, 1.54) is 62.7 Å². The van der Waals surface area contributed by atoms with Gasteiger partial charge in [-0.05, 0) is 71.4 Å². The van der Waals surface area contributed by atoms with E-state index < -0.39 is 10.0 Å². The number of benzene rings is 1. The smallest absolute Gasteiger partial charge is 0.0584 e. The standard InChI is InChI=1S/C35H52S3/c1-10-12-14-15-17-26(16-13-11-2)24-38(27-20-18-25(3)19-21-27)28-22-30(34(4,5)6)36-32(28)33-29(38)23-31(37-33)35(7,8)9/h18-23,26H,10-17,24H2,1-9H3. The molecule has 1 unspecified atom stereocenters. The minimum Gasteiger partial charge on any atom is -0.157 e. The van der Waals surface area contributed by atoms with Gasteiger partial charge in [-0.25, -0.2) is 0 Å². The molecule has 0 N–H and O–H groups in total. The summed E-state index contributed by atoms with van der Waals surface area (Å²) in [6.45, 7) is 21.3. The first-order chi connectivity index (χ1) is 17.9. The summed E-state index contributed by atoms with van der Waals surface area (Å²) in [6.07, 6.45) is 10.9. The van der Waals surface area contributed by atoms with Crippen molar-refractivity contribution in [2.75, 3.05) is 5.75 Å². The lowest BCUT2D eigenvalue weighted by atomic mass is 9.95. The van der Waals surface area contributed by atoms with Crippen LogP contribution in [0, 0.1) is 12.8 Å². The highest BCUT2D eigenvalue weighted by molar-refractivity contribution is 8.34. The molecule has 0 spiro atoms. The molecule has 1 aliphatic rings. The second-order valence-corrected chi connectivity index (χ2v) is 19.0. The lowest BCUT2D eigenvalue weighted by Gasteiger charge is -2.41. The van der Waals surface area contributed by atoms with Crippen molar-refractivity contribution >= 4 is 32.7 Å². The predicted molar refractivity (Wildman–Crippen MR) is 175 cm³/mol. The maximum absolute atomic E-state index is 2.66. The fourth-order valence-corrected chi connectivity index (χ4v) is 13.9. The Hall–Kier alpha value is -1.03. The fourth-order valence-electron chi connectivity index (χ4n) is 5.76. The van der Waals surface area contributed by atoms with Crippen molar-refractivity contribution in [1.29, 1.82) is 0 Å². The van der Waals surface area contributed by atoms with E-state index in [1.807, 2.05) is 0 Å². The summed E-state index contributed by atoms with van der Waals surface area (Å²) in [6, 6.07) is 15.1. The maximum Gasteiger partial charge on any atom is 0.0584 e. The van der Waals surface area contributed by atoms with E-state index in [1.54, 1.807) is 34.2 Å². The van der Waals surface area contributed by atoms with E-state index in [0.29, 0.717) is 0 Å². The largest absolute Gasteiger partial charge is 0.157 e. The zero-order valence-electron chi connectivity index (χ0n) is 25.6. The molecule has 4 rings (SSSR count). The van der Waals surface area contributed by atoms with E-state index in [2.05, 4.69) is 121 Å². The highest BCUT2D eigenvalue weighted by atomic mass is 32.3. The van der Waals surface area contributed by atoms with Crippen LogP contribution in [0.3, 0.4) is 0 Å². The minimum absolute atomic E-state index is 0.180. The van der Waals surface area contributed by atoms with Gasteiger partial charge in [-0.2, -0.15) is 10.0 Å². The van der Waals surface area contributed by atoms with Crippen molar-refractivity contribution in [2.24, 2.45) is 5.92 Å². The molecule has 2 aromatic heterocycles. The van der Waals surface area contributed by atoms with Crippen LogP contribution in [0.2, 0.25) is 0 Å². The number of unbranched alkanes of at least 4 members (excludes halogenated alkanes) is 4. The van der Waals surface area contributed by atoms with Crippen LogP contribution in [-0.4, -0.2) is 5.75 Å². The molecular weight excluding hydrogens is 517 g/mol. The normalized spacial score (nSPS) is 16.3. The topological polar surface area (TPSA) is 0 Å². The molecule has 0 amide bonds. The second-order valence-electron chi connectivity index (χ2n) is 13.7. The summed E-state index contributed by atoms with van der Waals surface area (Å²) < 4.78 is 0. The van der Waals surface area contributed by atoms with Crippen LogP contribution in [0.15, 0.2) is 51.1 Å². The predicted octanol–water partition coefficient (Wildman–Crippen LogP) is 12.8. The first-order valence-corrected chi connectivity index (χ1v) is 18.5. The van der Waals surface area contributed by atoms with Crippen molar-refractivity contribution in [3.8, 4) is 9.75 Å². The van der Waals surface area contributed by atoms with Gasteiger partial charge < -0.3 is 0 Å². The SMILES string of the molecule is CCCCCCC(CCCC)CS1(c2ccc(C)cc2)c2cc(C(C)(C)C)sc2-c2sc(C(C)(C)C)cc21. The minimum atomic E-state index is -1.31. The zero-order chi connectivity index (χ0) is 27.7. The number of aryl methyl sites for hydroxylation is 1. The average molecular weight is 569 g/mol. The maximum atomic E-state index is 2.66. The molecule has 210 valence electrons. The highest BCUT2D eigenvalue weighted by Gasteiger charge is 2.46. The van der Waals surface area contributed by atoms with Gasteiger partial charge in [-0.15, -0.1) is 22.7 Å². The molecule has 1 aromatic carbocycles. The third kappa shape index (κ3) is 6.01. The van der Waals surface area contributed by atoms with E-state index in [9.17, 15) is 0 Å². The van der Waals surface area contributed by atoms with Crippen molar-refractivity contribution in [3.63, 3.8) is 0 Å². The molecule has 0 aliphatic carbocycles. The Morgan fingerprint density at radius 1 is 0.684 bits per heavy atom. The third-order valence-electron chi connectivity index (χ3n) is 8.17. The highest BCUT2D eigenvalue weighted by Crippen LogP contribution is 2.79. The number of fused-ring (bicyclic) bond motifs is 3. The van der Waals surface area contributed by atoms with Gasteiger partial charge >= 0.3 is 0 Å². The Morgan fingerprint density at radius 3 is 1.66 bits per heavy atom. The van der Waals surface area contributed by atoms with Gasteiger partial charge in [-0.3, -0.25) is 0 Å². The van der Waals surface area contributed by atoms with Gasteiger partial charge in [0, 0.05) is 19.5 Å². The molecule has 0 fully saturated rings. The molecule has 3 heterocycles. The Labute approximate surface area is 244 Å². The van der Waals surface area contributed by atoms with Gasteiger partial charge in [0.05, 0.1) is 9.75 Å². The molecule has 3 aromatic rings. The van der Waals surface area contributed by atoms with Crippen LogP contribution in [0.25, 0.3) is 9.75 Å². The summed E-state index contributed by atoms with van der Waals surface area (Å²) in [7, 11) is -1.31. The van der Waals surface area contributed by atoms with Crippen LogP contribution >= 0.6 is 32.7 Å². The monoisotopic (exact) mass is 568 g/mol. The third-order valence-corrected chi connectivity index (χ3v) is 15.9. The van der Waals surface area contributed by atoms with E-state index in [0.717, 1.165) is 5.92 Å². The molecule has 3 heteroatoms. The lowest BCUT2D eigenvalue weighted by Crippen LogP contribution is -2.16. The fraction of sp³-hybridized carbons (Fsp3) is 0.600. The Kier molecular flexibility index (Phi) is 9.32. The summed E-state index contributed by atoms with van der Waals surface area (Å²) in [4.78, 5) is 11.3. The number of thiophene rings is 2. The van der Waals surface area contributed by atoms with E-state index in [-0.39, 0.29) is 10.8 Å². The average Bonchev–Trinajstić information content (AvgIpc) is 3.53. The zero-order valence-corrected chi connectivity index (χ0v) is 28.1. The molecule has 1 aliphatic heterocycles. The Morgan fingerprint density at radius 2 is 1.18 bits per heavy atom. The van der Waals surface area contributed by atoms with Crippen LogP contribution < -0.4 is 0 Å².